The van der Waals surface area contributed by atoms with Gasteiger partial charge in [0, 0.05) is 5.02 Å². The molecule has 0 atom stereocenters. The van der Waals surface area contributed by atoms with E-state index in [2.05, 4.69) is 10.5 Å². The summed E-state index contributed by atoms with van der Waals surface area (Å²) < 4.78 is 16.1. The number of nitrogens with one attached hydrogen (secondary N) is 1. The van der Waals surface area contributed by atoms with Gasteiger partial charge < -0.3 is 14.2 Å². The highest BCUT2D eigenvalue weighted by Gasteiger charge is 2.05. The van der Waals surface area contributed by atoms with Gasteiger partial charge in [-0.1, -0.05) is 11.6 Å². The Hall–Kier alpha value is -2.73. The van der Waals surface area contributed by atoms with E-state index in [0.29, 0.717) is 28.9 Å². The fraction of sp³-hybridized carbons (Fsp3) is 0.263. The molecule has 138 valence electrons. The van der Waals surface area contributed by atoms with E-state index >= 15 is 0 Å². The van der Waals surface area contributed by atoms with Crippen molar-refractivity contribution in [2.45, 2.75) is 13.8 Å². The van der Waals surface area contributed by atoms with Gasteiger partial charge >= 0.3 is 0 Å². The van der Waals surface area contributed by atoms with Gasteiger partial charge in [0.25, 0.3) is 5.91 Å². The summed E-state index contributed by atoms with van der Waals surface area (Å²) in [5.41, 5.74) is 4.06. The van der Waals surface area contributed by atoms with E-state index < -0.39 is 0 Å². The van der Waals surface area contributed by atoms with Crippen LogP contribution in [0.5, 0.6) is 17.2 Å². The van der Waals surface area contributed by atoms with Gasteiger partial charge in [-0.25, -0.2) is 5.43 Å². The summed E-state index contributed by atoms with van der Waals surface area (Å²) in [4.78, 5) is 11.8. The Morgan fingerprint density at radius 1 is 1.19 bits per heavy atom. The molecule has 2 rings (SSSR count). The molecule has 0 saturated carbocycles. The summed E-state index contributed by atoms with van der Waals surface area (Å²) in [5.74, 6) is 1.46. The van der Waals surface area contributed by atoms with Crippen LogP contribution in [-0.4, -0.2) is 32.4 Å². The molecule has 1 amide bonds. The number of amides is 1. The first-order chi connectivity index (χ1) is 12.5. The summed E-state index contributed by atoms with van der Waals surface area (Å²) in [6.45, 7) is 4.13. The van der Waals surface area contributed by atoms with Gasteiger partial charge in [-0.05, 0) is 61.4 Å². The van der Waals surface area contributed by atoms with Crippen molar-refractivity contribution in [3.63, 3.8) is 0 Å². The number of hydrogen-bond donors (Lipinski definition) is 1. The van der Waals surface area contributed by atoms with E-state index in [1.807, 2.05) is 19.9 Å². The first-order valence-corrected chi connectivity index (χ1v) is 8.43. The highest BCUT2D eigenvalue weighted by molar-refractivity contribution is 6.31. The zero-order valence-corrected chi connectivity index (χ0v) is 15.7. The zero-order valence-electron chi connectivity index (χ0n) is 14.9. The van der Waals surface area contributed by atoms with Gasteiger partial charge in [-0.15, -0.1) is 0 Å². The number of hydrogen-bond acceptors (Lipinski definition) is 5. The SMILES string of the molecule is CCOc1cc(/C=N/NC(=O)COc2ccc(Cl)c(C)c2)ccc1OC. The van der Waals surface area contributed by atoms with Gasteiger partial charge in [-0.3, -0.25) is 4.79 Å². The van der Waals surface area contributed by atoms with E-state index in [1.165, 1.54) is 6.21 Å². The lowest BCUT2D eigenvalue weighted by Crippen LogP contribution is -2.24. The molecule has 6 nitrogen and oxygen atoms in total. The maximum Gasteiger partial charge on any atom is 0.277 e. The van der Waals surface area contributed by atoms with Crippen LogP contribution >= 0.6 is 11.6 Å². The Bertz CT molecular complexity index is 793. The molecule has 0 aliphatic carbocycles. The van der Waals surface area contributed by atoms with Crippen molar-refractivity contribution >= 4 is 23.7 Å². The van der Waals surface area contributed by atoms with Crippen LogP contribution in [0.3, 0.4) is 0 Å². The molecule has 0 spiro atoms. The van der Waals surface area contributed by atoms with Crippen LogP contribution in [0, 0.1) is 6.92 Å². The van der Waals surface area contributed by atoms with Crippen molar-refractivity contribution in [2.24, 2.45) is 5.10 Å². The van der Waals surface area contributed by atoms with Gasteiger partial charge in [-0.2, -0.15) is 5.10 Å². The van der Waals surface area contributed by atoms with E-state index in [9.17, 15) is 4.79 Å². The number of benzene rings is 2. The lowest BCUT2D eigenvalue weighted by atomic mass is 10.2. The van der Waals surface area contributed by atoms with E-state index in [0.717, 1.165) is 11.1 Å². The monoisotopic (exact) mass is 376 g/mol. The standard InChI is InChI=1S/C19H21ClN2O4/c1-4-25-18-10-14(5-8-17(18)24-3)11-21-22-19(23)12-26-15-6-7-16(20)13(2)9-15/h5-11H,4,12H2,1-3H3,(H,22,23)/b21-11+. The molecule has 0 aromatic heterocycles. The molecule has 0 aliphatic heterocycles. The molecule has 0 bridgehead atoms. The van der Waals surface area contributed by atoms with Gasteiger partial charge in [0.1, 0.15) is 5.75 Å². The second-order valence-electron chi connectivity index (χ2n) is 5.34. The number of halogens is 1. The number of methoxy groups -OCH3 is 1. The Morgan fingerprint density at radius 3 is 2.69 bits per heavy atom. The molecule has 26 heavy (non-hydrogen) atoms. The molecule has 7 heteroatoms. The van der Waals surface area contributed by atoms with Crippen molar-refractivity contribution < 1.29 is 19.0 Å². The maximum absolute atomic E-state index is 11.8. The molecule has 2 aromatic rings. The van der Waals surface area contributed by atoms with Crippen molar-refractivity contribution in [2.75, 3.05) is 20.3 Å². The summed E-state index contributed by atoms with van der Waals surface area (Å²) in [6.07, 6.45) is 1.52. The molecule has 0 fully saturated rings. The Kier molecular flexibility index (Phi) is 7.29. The van der Waals surface area contributed by atoms with Crippen molar-refractivity contribution in [1.29, 1.82) is 0 Å². The molecule has 0 heterocycles. The van der Waals surface area contributed by atoms with E-state index in [4.69, 9.17) is 25.8 Å². The van der Waals surface area contributed by atoms with Crippen LogP contribution in [0.15, 0.2) is 41.5 Å². The summed E-state index contributed by atoms with van der Waals surface area (Å²) in [6, 6.07) is 10.6. The number of carbonyl (C=O) groups is 1. The molecule has 0 unspecified atom stereocenters. The van der Waals surface area contributed by atoms with Gasteiger partial charge in [0.2, 0.25) is 0 Å². The lowest BCUT2D eigenvalue weighted by Gasteiger charge is -2.09. The topological polar surface area (TPSA) is 69.2 Å². The zero-order chi connectivity index (χ0) is 18.9. The third-order valence-corrected chi connectivity index (χ3v) is 3.81. The molecular formula is C19H21ClN2O4. The highest BCUT2D eigenvalue weighted by Crippen LogP contribution is 2.27. The predicted molar refractivity (Wildman–Crippen MR) is 102 cm³/mol. The average molecular weight is 377 g/mol. The van der Waals surface area contributed by atoms with Gasteiger partial charge in [0.05, 0.1) is 19.9 Å². The minimum Gasteiger partial charge on any atom is -0.493 e. The number of aryl methyl sites for hydroxylation is 1. The number of hydrazone groups is 1. The number of carbonyl (C=O) groups excluding carboxylic acids is 1. The molecule has 2 aromatic carbocycles. The second-order valence-corrected chi connectivity index (χ2v) is 5.74. The largest absolute Gasteiger partial charge is 0.493 e. The third-order valence-electron chi connectivity index (χ3n) is 3.39. The first-order valence-electron chi connectivity index (χ1n) is 8.05. The molecule has 0 aliphatic rings. The number of ether oxygens (including phenoxy) is 3. The number of nitrogens with zero attached hydrogens (tertiary/aromatic N) is 1. The highest BCUT2D eigenvalue weighted by atomic mass is 35.5. The van der Waals surface area contributed by atoms with E-state index in [-0.39, 0.29) is 12.5 Å². The van der Waals surface area contributed by atoms with Gasteiger partial charge in [0.15, 0.2) is 18.1 Å². The third kappa shape index (κ3) is 5.67. The second kappa shape index (κ2) is 9.68. The van der Waals surface area contributed by atoms with Crippen LogP contribution < -0.4 is 19.6 Å². The Labute approximate surface area is 157 Å². The minimum absolute atomic E-state index is 0.148. The summed E-state index contributed by atoms with van der Waals surface area (Å²) in [7, 11) is 1.58. The fourth-order valence-corrected chi connectivity index (χ4v) is 2.23. The molecule has 0 radical (unpaired) electrons. The quantitative estimate of drug-likeness (QED) is 0.564. The van der Waals surface area contributed by atoms with E-state index in [1.54, 1.807) is 37.4 Å². The maximum atomic E-state index is 11.8. The van der Waals surface area contributed by atoms with Crippen molar-refractivity contribution in [3.8, 4) is 17.2 Å². The minimum atomic E-state index is -0.368. The van der Waals surface area contributed by atoms with Crippen LogP contribution in [-0.2, 0) is 4.79 Å². The normalized spacial score (nSPS) is 10.6. The van der Waals surface area contributed by atoms with Crippen LogP contribution in [0.2, 0.25) is 5.02 Å². The average Bonchev–Trinajstić information content (AvgIpc) is 2.63. The first kappa shape index (κ1) is 19.6. The number of rotatable bonds is 8. The van der Waals surface area contributed by atoms with Crippen molar-refractivity contribution in [1.82, 2.24) is 5.43 Å². The summed E-state index contributed by atoms with van der Waals surface area (Å²) >= 11 is 5.95. The Balaban J connectivity index is 1.88. The van der Waals surface area contributed by atoms with Crippen LogP contribution in [0.4, 0.5) is 0 Å². The smallest absolute Gasteiger partial charge is 0.277 e. The lowest BCUT2D eigenvalue weighted by molar-refractivity contribution is -0.123. The Morgan fingerprint density at radius 2 is 2.00 bits per heavy atom. The van der Waals surface area contributed by atoms with Crippen molar-refractivity contribution in [3.05, 3.63) is 52.5 Å². The fourth-order valence-electron chi connectivity index (χ4n) is 2.11. The predicted octanol–water partition coefficient (Wildman–Crippen LogP) is 3.58. The summed E-state index contributed by atoms with van der Waals surface area (Å²) in [5, 5.41) is 4.57. The molecular weight excluding hydrogens is 356 g/mol. The molecule has 1 N–H and O–H groups in total. The van der Waals surface area contributed by atoms with Crippen LogP contribution in [0.25, 0.3) is 0 Å². The van der Waals surface area contributed by atoms with Crippen LogP contribution in [0.1, 0.15) is 18.1 Å². The molecule has 0 saturated heterocycles.